The number of hydrogen-bond donors (Lipinski definition) is 0. The second-order valence-electron chi connectivity index (χ2n) is 6.55. The van der Waals surface area contributed by atoms with Gasteiger partial charge in [0.2, 0.25) is 0 Å². The van der Waals surface area contributed by atoms with Gasteiger partial charge in [0.25, 0.3) is 0 Å². The lowest BCUT2D eigenvalue weighted by Crippen LogP contribution is -1.85. The van der Waals surface area contributed by atoms with E-state index in [1.54, 1.807) is 0 Å². The van der Waals surface area contributed by atoms with E-state index in [1.165, 1.54) is 32.3 Å². The first-order valence-corrected chi connectivity index (χ1v) is 8.86. The highest BCUT2D eigenvalue weighted by molar-refractivity contribution is 6.27. The minimum Gasteiger partial charge on any atom is -0.456 e. The molecule has 0 N–H and O–H groups in total. The average Bonchev–Trinajstić information content (AvgIpc) is 3.08. The number of hydrogen-bond acceptors (Lipinski definition) is 1. The maximum Gasteiger partial charge on any atom is 0.136 e. The molecule has 1 heterocycles. The van der Waals surface area contributed by atoms with Crippen LogP contribution in [0.2, 0.25) is 0 Å². The van der Waals surface area contributed by atoms with Gasteiger partial charge in [-0.05, 0) is 51.7 Å². The Morgan fingerprint density at radius 3 is 2.27 bits per heavy atom. The third kappa shape index (κ3) is 1.98. The molecule has 5 aromatic rings. The van der Waals surface area contributed by atoms with Gasteiger partial charge in [-0.25, -0.2) is 0 Å². The maximum absolute atomic E-state index is 6.29. The minimum absolute atomic E-state index is 0.922. The Balaban J connectivity index is 2.08. The van der Waals surface area contributed by atoms with Crippen LogP contribution in [-0.2, 0) is 0 Å². The van der Waals surface area contributed by atoms with Crippen LogP contribution < -0.4 is 0 Å². The summed E-state index contributed by atoms with van der Waals surface area (Å²) in [6.07, 6.45) is 4.00. The fourth-order valence-electron chi connectivity index (χ4n) is 4.02. The SMILES string of the molecule is C=C/C(=C\C)c1cc2oc3ccc4ccccc4c3c2c2ccccc12. The van der Waals surface area contributed by atoms with Gasteiger partial charge in [-0.3, -0.25) is 0 Å². The number of rotatable bonds is 2. The molecule has 0 atom stereocenters. The van der Waals surface area contributed by atoms with Crippen molar-refractivity contribution in [2.75, 3.05) is 0 Å². The molecule has 0 spiro atoms. The van der Waals surface area contributed by atoms with Gasteiger partial charge in [-0.15, -0.1) is 0 Å². The fourth-order valence-corrected chi connectivity index (χ4v) is 4.02. The highest BCUT2D eigenvalue weighted by atomic mass is 16.3. The second kappa shape index (κ2) is 5.60. The van der Waals surface area contributed by atoms with Crippen LogP contribution in [0, 0.1) is 0 Å². The normalized spacial score (nSPS) is 12.4. The third-order valence-corrected chi connectivity index (χ3v) is 5.21. The van der Waals surface area contributed by atoms with Crippen molar-refractivity contribution >= 4 is 49.1 Å². The standard InChI is InChI=1S/C25H18O/c1-3-16(4-2)21-15-23-25(20-12-8-7-11-19(20)21)24-18-10-6-5-9-17(18)13-14-22(24)26-23/h3-15H,1H2,2H3/b16-4+. The van der Waals surface area contributed by atoms with E-state index in [0.717, 1.165) is 22.3 Å². The van der Waals surface area contributed by atoms with Crippen molar-refractivity contribution < 1.29 is 4.42 Å². The molecule has 0 radical (unpaired) electrons. The Morgan fingerprint density at radius 1 is 0.808 bits per heavy atom. The predicted octanol–water partition coefficient (Wildman–Crippen LogP) is 7.48. The number of furan rings is 1. The minimum atomic E-state index is 0.922. The van der Waals surface area contributed by atoms with E-state index in [0.29, 0.717) is 0 Å². The quantitative estimate of drug-likeness (QED) is 0.305. The van der Waals surface area contributed by atoms with Gasteiger partial charge >= 0.3 is 0 Å². The van der Waals surface area contributed by atoms with Crippen molar-refractivity contribution in [2.24, 2.45) is 0 Å². The summed E-state index contributed by atoms with van der Waals surface area (Å²) in [5.41, 5.74) is 4.13. The highest BCUT2D eigenvalue weighted by Gasteiger charge is 2.16. The lowest BCUT2D eigenvalue weighted by Gasteiger charge is -2.09. The van der Waals surface area contributed by atoms with Crippen LogP contribution in [0.3, 0.4) is 0 Å². The van der Waals surface area contributed by atoms with Crippen LogP contribution in [0.4, 0.5) is 0 Å². The average molecular weight is 334 g/mol. The molecule has 0 bridgehead atoms. The molecule has 0 unspecified atom stereocenters. The number of allylic oxidation sites excluding steroid dienone is 3. The zero-order valence-electron chi connectivity index (χ0n) is 14.6. The molecular formula is C25H18O. The molecule has 4 aromatic carbocycles. The summed E-state index contributed by atoms with van der Waals surface area (Å²) in [7, 11) is 0. The fraction of sp³-hybridized carbons (Fsp3) is 0.0400. The first-order chi connectivity index (χ1) is 12.8. The second-order valence-corrected chi connectivity index (χ2v) is 6.55. The first-order valence-electron chi connectivity index (χ1n) is 8.86. The summed E-state index contributed by atoms with van der Waals surface area (Å²) in [6, 6.07) is 23.4. The molecular weight excluding hydrogens is 316 g/mol. The van der Waals surface area contributed by atoms with Crippen LogP contribution >= 0.6 is 0 Å². The zero-order chi connectivity index (χ0) is 17.7. The van der Waals surface area contributed by atoms with Crippen molar-refractivity contribution in [3.8, 4) is 0 Å². The number of benzene rings is 4. The summed E-state index contributed by atoms with van der Waals surface area (Å²) < 4.78 is 6.29. The molecule has 0 aliphatic heterocycles. The Hall–Kier alpha value is -3.32. The molecule has 0 aliphatic rings. The van der Waals surface area contributed by atoms with Crippen molar-refractivity contribution in [3.63, 3.8) is 0 Å². The predicted molar refractivity (Wildman–Crippen MR) is 113 cm³/mol. The molecule has 0 saturated carbocycles. The van der Waals surface area contributed by atoms with Crippen LogP contribution in [0.1, 0.15) is 12.5 Å². The molecule has 1 heteroatoms. The van der Waals surface area contributed by atoms with Crippen molar-refractivity contribution in [1.29, 1.82) is 0 Å². The van der Waals surface area contributed by atoms with Crippen LogP contribution in [0.5, 0.6) is 0 Å². The molecule has 1 aromatic heterocycles. The van der Waals surface area contributed by atoms with E-state index in [2.05, 4.69) is 79.4 Å². The molecule has 1 nitrogen and oxygen atoms in total. The van der Waals surface area contributed by atoms with Crippen LogP contribution in [0.15, 0.2) is 89.9 Å². The monoisotopic (exact) mass is 334 g/mol. The zero-order valence-corrected chi connectivity index (χ0v) is 14.6. The Labute approximate surface area is 151 Å². The van der Waals surface area contributed by atoms with E-state index >= 15 is 0 Å². The largest absolute Gasteiger partial charge is 0.456 e. The van der Waals surface area contributed by atoms with E-state index < -0.39 is 0 Å². The van der Waals surface area contributed by atoms with Gasteiger partial charge in [0, 0.05) is 10.8 Å². The van der Waals surface area contributed by atoms with Gasteiger partial charge < -0.3 is 4.42 Å². The Bertz CT molecular complexity index is 1350. The molecule has 0 saturated heterocycles. The van der Waals surface area contributed by atoms with Gasteiger partial charge in [-0.2, -0.15) is 0 Å². The smallest absolute Gasteiger partial charge is 0.136 e. The van der Waals surface area contributed by atoms with E-state index in [4.69, 9.17) is 4.42 Å². The van der Waals surface area contributed by atoms with Gasteiger partial charge in [0.05, 0.1) is 0 Å². The van der Waals surface area contributed by atoms with Crippen molar-refractivity contribution in [3.05, 3.63) is 91.0 Å². The van der Waals surface area contributed by atoms with E-state index in [1.807, 2.05) is 13.0 Å². The van der Waals surface area contributed by atoms with Crippen molar-refractivity contribution in [1.82, 2.24) is 0 Å². The van der Waals surface area contributed by atoms with Crippen LogP contribution in [-0.4, -0.2) is 0 Å². The molecule has 0 amide bonds. The summed E-state index contributed by atoms with van der Waals surface area (Å²) in [6.45, 7) is 6.02. The summed E-state index contributed by atoms with van der Waals surface area (Å²) >= 11 is 0. The van der Waals surface area contributed by atoms with Gasteiger partial charge in [0.15, 0.2) is 0 Å². The van der Waals surface area contributed by atoms with Gasteiger partial charge in [-0.1, -0.05) is 73.3 Å². The first kappa shape index (κ1) is 15.0. The lowest BCUT2D eigenvalue weighted by molar-refractivity contribution is 0.669. The third-order valence-electron chi connectivity index (χ3n) is 5.21. The maximum atomic E-state index is 6.29. The van der Waals surface area contributed by atoms with E-state index in [-0.39, 0.29) is 0 Å². The summed E-state index contributed by atoms with van der Waals surface area (Å²) in [5.74, 6) is 0. The van der Waals surface area contributed by atoms with E-state index in [9.17, 15) is 0 Å². The topological polar surface area (TPSA) is 13.1 Å². The van der Waals surface area contributed by atoms with Crippen LogP contribution in [0.25, 0.3) is 49.1 Å². The Morgan fingerprint density at radius 2 is 1.50 bits per heavy atom. The molecule has 5 rings (SSSR count). The molecule has 0 aliphatic carbocycles. The Kier molecular flexibility index (Phi) is 3.23. The van der Waals surface area contributed by atoms with Crippen molar-refractivity contribution in [2.45, 2.75) is 6.92 Å². The summed E-state index contributed by atoms with van der Waals surface area (Å²) in [5, 5.41) is 7.30. The van der Waals surface area contributed by atoms with Gasteiger partial charge in [0.1, 0.15) is 11.2 Å². The number of fused-ring (bicyclic) bond motifs is 7. The summed E-state index contributed by atoms with van der Waals surface area (Å²) in [4.78, 5) is 0. The molecule has 124 valence electrons. The lowest BCUT2D eigenvalue weighted by atomic mass is 9.93. The molecule has 0 fully saturated rings. The highest BCUT2D eigenvalue weighted by Crippen LogP contribution is 2.41. The molecule has 26 heavy (non-hydrogen) atoms.